The van der Waals surface area contributed by atoms with Gasteiger partial charge in [-0.25, -0.2) is 4.79 Å². The maximum absolute atomic E-state index is 12.2. The van der Waals surface area contributed by atoms with Gasteiger partial charge in [0.25, 0.3) is 0 Å². The minimum atomic E-state index is -0.454. The molecular weight excluding hydrogens is 280 g/mol. The van der Waals surface area contributed by atoms with Gasteiger partial charge in [0, 0.05) is 18.4 Å². The fraction of sp³-hybridized carbons (Fsp3) is 0.188. The molecule has 0 saturated heterocycles. The molecule has 2 rings (SSSR count). The lowest BCUT2D eigenvalue weighted by Gasteiger charge is -2.22. The molecule has 1 aliphatic rings. The van der Waals surface area contributed by atoms with Gasteiger partial charge in [-0.05, 0) is 55.3 Å². The van der Waals surface area contributed by atoms with Gasteiger partial charge in [0.05, 0.1) is 11.4 Å². The van der Waals surface area contributed by atoms with Crippen molar-refractivity contribution in [3.05, 3.63) is 47.2 Å². The fourth-order valence-corrected chi connectivity index (χ4v) is 2.00. The molecule has 0 heterocycles. The van der Waals surface area contributed by atoms with Crippen LogP contribution in [0.3, 0.4) is 0 Å². The molecule has 0 fully saturated rings. The summed E-state index contributed by atoms with van der Waals surface area (Å²) in [6.45, 7) is 3.53. The van der Waals surface area contributed by atoms with E-state index in [0.717, 1.165) is 5.56 Å². The predicted molar refractivity (Wildman–Crippen MR) is 86.9 cm³/mol. The van der Waals surface area contributed by atoms with E-state index in [0.29, 0.717) is 16.9 Å². The van der Waals surface area contributed by atoms with Crippen LogP contribution in [0.25, 0.3) is 0 Å². The zero-order valence-corrected chi connectivity index (χ0v) is 12.7. The second-order valence-corrected chi connectivity index (χ2v) is 5.20. The molecule has 0 bridgehead atoms. The zero-order chi connectivity index (χ0) is 16.4. The van der Waals surface area contributed by atoms with Gasteiger partial charge in [0.2, 0.25) is 5.78 Å². The summed E-state index contributed by atoms with van der Waals surface area (Å²) in [5.74, 6) is -0.292. The molecule has 0 aliphatic heterocycles. The Morgan fingerprint density at radius 3 is 2.59 bits per heavy atom. The number of rotatable bonds is 2. The highest BCUT2D eigenvalue weighted by Gasteiger charge is 2.23. The lowest BCUT2D eigenvalue weighted by molar-refractivity contribution is -0.112. The SMILES string of the molecule is CC1=CC(=O)C(N(C)C(=O)Nc2ccc(N)c(C)c2)=CC1=N. The molecule has 0 saturated carbocycles. The number of nitrogens with zero attached hydrogens (tertiary/aromatic N) is 1. The number of urea groups is 1. The molecule has 1 aromatic rings. The fourth-order valence-electron chi connectivity index (χ4n) is 2.00. The molecule has 4 N–H and O–H groups in total. The van der Waals surface area contributed by atoms with Crippen molar-refractivity contribution in [1.29, 1.82) is 5.41 Å². The maximum Gasteiger partial charge on any atom is 0.326 e. The number of amides is 2. The summed E-state index contributed by atoms with van der Waals surface area (Å²) in [4.78, 5) is 25.4. The number of anilines is 2. The van der Waals surface area contributed by atoms with Gasteiger partial charge in [-0.3, -0.25) is 9.69 Å². The number of benzene rings is 1. The number of allylic oxidation sites excluding steroid dienone is 3. The average molecular weight is 298 g/mol. The molecule has 0 spiro atoms. The number of aryl methyl sites for hydroxylation is 1. The third-order valence-electron chi connectivity index (χ3n) is 3.49. The molecule has 0 aromatic heterocycles. The van der Waals surface area contributed by atoms with Crippen molar-refractivity contribution in [3.8, 4) is 0 Å². The second kappa shape index (κ2) is 5.85. The summed E-state index contributed by atoms with van der Waals surface area (Å²) in [5, 5.41) is 10.5. The van der Waals surface area contributed by atoms with Crippen molar-refractivity contribution in [2.75, 3.05) is 18.1 Å². The van der Waals surface area contributed by atoms with Crippen LogP contribution >= 0.6 is 0 Å². The number of likely N-dealkylation sites (N-methyl/N-ethyl adjacent to an activating group) is 1. The summed E-state index contributed by atoms with van der Waals surface area (Å²) in [6, 6.07) is 4.70. The number of nitrogens with one attached hydrogen (secondary N) is 2. The van der Waals surface area contributed by atoms with Crippen molar-refractivity contribution in [2.45, 2.75) is 13.8 Å². The van der Waals surface area contributed by atoms with Crippen LogP contribution < -0.4 is 11.1 Å². The van der Waals surface area contributed by atoms with Crippen molar-refractivity contribution >= 4 is 28.9 Å². The molecule has 6 nitrogen and oxygen atoms in total. The predicted octanol–water partition coefficient (Wildman–Crippen LogP) is 2.47. The first-order valence-electron chi connectivity index (χ1n) is 6.73. The number of hydrogen-bond donors (Lipinski definition) is 3. The van der Waals surface area contributed by atoms with E-state index in [2.05, 4.69) is 5.32 Å². The van der Waals surface area contributed by atoms with Gasteiger partial charge >= 0.3 is 6.03 Å². The lowest BCUT2D eigenvalue weighted by Crippen LogP contribution is -2.35. The van der Waals surface area contributed by atoms with Crippen LogP contribution in [-0.2, 0) is 4.79 Å². The largest absolute Gasteiger partial charge is 0.399 e. The van der Waals surface area contributed by atoms with Crippen molar-refractivity contribution in [3.63, 3.8) is 0 Å². The first-order valence-corrected chi connectivity index (χ1v) is 6.73. The van der Waals surface area contributed by atoms with Crippen LogP contribution in [-0.4, -0.2) is 29.5 Å². The van der Waals surface area contributed by atoms with E-state index in [1.807, 2.05) is 6.92 Å². The molecule has 0 unspecified atom stereocenters. The first-order chi connectivity index (χ1) is 10.3. The Kier molecular flexibility index (Phi) is 4.12. The molecule has 22 heavy (non-hydrogen) atoms. The number of hydrogen-bond acceptors (Lipinski definition) is 4. The Labute approximate surface area is 128 Å². The molecule has 114 valence electrons. The van der Waals surface area contributed by atoms with Crippen LogP contribution in [0.4, 0.5) is 16.2 Å². The molecular formula is C16H18N4O2. The van der Waals surface area contributed by atoms with Gasteiger partial charge in [-0.1, -0.05) is 0 Å². The quantitative estimate of drug-likeness (QED) is 0.577. The lowest BCUT2D eigenvalue weighted by atomic mass is 10.0. The van der Waals surface area contributed by atoms with Crippen LogP contribution in [0, 0.1) is 12.3 Å². The summed E-state index contributed by atoms with van der Waals surface area (Å²) >= 11 is 0. The normalized spacial score (nSPS) is 14.3. The monoisotopic (exact) mass is 298 g/mol. The van der Waals surface area contributed by atoms with Gasteiger partial charge in [-0.2, -0.15) is 0 Å². The highest BCUT2D eigenvalue weighted by atomic mass is 16.2. The van der Waals surface area contributed by atoms with E-state index < -0.39 is 6.03 Å². The third kappa shape index (κ3) is 3.06. The molecule has 1 aromatic carbocycles. The van der Waals surface area contributed by atoms with Crippen LogP contribution in [0.2, 0.25) is 0 Å². The van der Waals surface area contributed by atoms with E-state index >= 15 is 0 Å². The number of carbonyl (C=O) groups is 2. The Bertz CT molecular complexity index is 732. The smallest absolute Gasteiger partial charge is 0.326 e. The van der Waals surface area contributed by atoms with Gasteiger partial charge < -0.3 is 16.5 Å². The zero-order valence-electron chi connectivity index (χ0n) is 12.7. The topological polar surface area (TPSA) is 99.3 Å². The molecule has 6 heteroatoms. The summed E-state index contributed by atoms with van der Waals surface area (Å²) in [6.07, 6.45) is 2.75. The van der Waals surface area contributed by atoms with Crippen LogP contribution in [0.15, 0.2) is 41.6 Å². The molecule has 0 radical (unpaired) electrons. The Balaban J connectivity index is 2.16. The highest BCUT2D eigenvalue weighted by molar-refractivity contribution is 6.21. The summed E-state index contributed by atoms with van der Waals surface area (Å²) in [5.41, 5.74) is 8.79. The number of nitrogens with two attached hydrogens (primary N) is 1. The van der Waals surface area contributed by atoms with Crippen LogP contribution in [0.5, 0.6) is 0 Å². The summed E-state index contributed by atoms with van der Waals surface area (Å²) in [7, 11) is 1.49. The van der Waals surface area contributed by atoms with E-state index in [1.54, 1.807) is 25.1 Å². The summed E-state index contributed by atoms with van der Waals surface area (Å²) < 4.78 is 0. The molecule has 2 amide bonds. The Morgan fingerprint density at radius 2 is 1.95 bits per heavy atom. The van der Waals surface area contributed by atoms with Gasteiger partial charge in [0.15, 0.2) is 0 Å². The standard InChI is InChI=1S/C16H18N4O2/c1-9-6-11(4-5-12(9)17)19-16(22)20(3)14-8-13(18)10(2)7-15(14)21/h4-8,18H,17H2,1-3H3,(H,19,22). The minimum absolute atomic E-state index is 0.167. The number of ketones is 1. The van der Waals surface area contributed by atoms with E-state index in [-0.39, 0.29) is 17.2 Å². The van der Waals surface area contributed by atoms with E-state index in [4.69, 9.17) is 11.1 Å². The second-order valence-electron chi connectivity index (χ2n) is 5.20. The maximum atomic E-state index is 12.2. The molecule has 0 atom stereocenters. The minimum Gasteiger partial charge on any atom is -0.399 e. The van der Waals surface area contributed by atoms with Crippen LogP contribution in [0.1, 0.15) is 12.5 Å². The molecule has 1 aliphatic carbocycles. The average Bonchev–Trinajstić information content (AvgIpc) is 2.46. The number of carbonyl (C=O) groups excluding carboxylic acids is 2. The van der Waals surface area contributed by atoms with Gasteiger partial charge in [0.1, 0.15) is 0 Å². The van der Waals surface area contributed by atoms with E-state index in [9.17, 15) is 9.59 Å². The van der Waals surface area contributed by atoms with Crippen molar-refractivity contribution in [1.82, 2.24) is 4.90 Å². The van der Waals surface area contributed by atoms with Crippen molar-refractivity contribution in [2.24, 2.45) is 0 Å². The first kappa shape index (κ1) is 15.5. The number of nitrogen functional groups attached to an aromatic ring is 1. The highest BCUT2D eigenvalue weighted by Crippen LogP contribution is 2.19. The Hall–Kier alpha value is -2.89. The van der Waals surface area contributed by atoms with Crippen molar-refractivity contribution < 1.29 is 9.59 Å². The Morgan fingerprint density at radius 1 is 1.27 bits per heavy atom. The third-order valence-corrected chi connectivity index (χ3v) is 3.49. The van der Waals surface area contributed by atoms with E-state index in [1.165, 1.54) is 24.1 Å². The van der Waals surface area contributed by atoms with Gasteiger partial charge in [-0.15, -0.1) is 0 Å².